The van der Waals surface area contributed by atoms with Crippen molar-refractivity contribution >= 4 is 5.91 Å². The summed E-state index contributed by atoms with van der Waals surface area (Å²) in [5.74, 6) is -0.0817. The van der Waals surface area contributed by atoms with Crippen molar-refractivity contribution in [2.24, 2.45) is 5.73 Å². The highest BCUT2D eigenvalue weighted by Gasteiger charge is 2.21. The number of alkyl halides is 2. The third kappa shape index (κ3) is 5.55. The molecule has 1 rings (SSSR count). The van der Waals surface area contributed by atoms with Crippen LogP contribution < -0.4 is 20.5 Å². The van der Waals surface area contributed by atoms with E-state index in [9.17, 15) is 13.6 Å². The van der Waals surface area contributed by atoms with Crippen LogP contribution in [0.25, 0.3) is 0 Å². The van der Waals surface area contributed by atoms with Crippen LogP contribution in [0.4, 0.5) is 8.78 Å². The van der Waals surface area contributed by atoms with E-state index in [4.69, 9.17) is 10.5 Å². The van der Waals surface area contributed by atoms with Crippen molar-refractivity contribution in [2.45, 2.75) is 32.4 Å². The number of hydrogen-bond donors (Lipinski definition) is 2. The largest absolute Gasteiger partial charge is 0.493 e. The first-order valence-electron chi connectivity index (χ1n) is 6.43. The van der Waals surface area contributed by atoms with Gasteiger partial charge in [0.25, 0.3) is 0 Å². The number of nitrogens with one attached hydrogen (secondary N) is 1. The summed E-state index contributed by atoms with van der Waals surface area (Å²) >= 11 is 0. The number of hydrogen-bond acceptors (Lipinski definition) is 4. The molecule has 5 nitrogen and oxygen atoms in total. The average Bonchev–Trinajstić information content (AvgIpc) is 2.37. The fourth-order valence-electron chi connectivity index (χ4n) is 1.61. The van der Waals surface area contributed by atoms with E-state index >= 15 is 0 Å². The third-order valence-electron chi connectivity index (χ3n) is 2.73. The van der Waals surface area contributed by atoms with E-state index in [0.717, 1.165) is 5.56 Å². The highest BCUT2D eigenvalue weighted by atomic mass is 19.3. The number of benzene rings is 1. The van der Waals surface area contributed by atoms with E-state index in [0.29, 0.717) is 13.0 Å². The summed E-state index contributed by atoms with van der Waals surface area (Å²) in [6.45, 7) is 0.626. The Balaban J connectivity index is 2.66. The lowest BCUT2D eigenvalue weighted by atomic mass is 10.1. The van der Waals surface area contributed by atoms with Gasteiger partial charge in [0.1, 0.15) is 0 Å². The molecule has 0 aliphatic carbocycles. The Morgan fingerprint density at radius 3 is 2.57 bits per heavy atom. The van der Waals surface area contributed by atoms with E-state index in [1.807, 2.05) is 0 Å². The third-order valence-corrected chi connectivity index (χ3v) is 2.73. The van der Waals surface area contributed by atoms with Crippen LogP contribution in [0, 0.1) is 0 Å². The Morgan fingerprint density at radius 1 is 1.38 bits per heavy atom. The minimum atomic E-state index is -2.92. The van der Waals surface area contributed by atoms with Gasteiger partial charge in [-0.1, -0.05) is 6.07 Å². The maximum Gasteiger partial charge on any atom is 0.387 e. The van der Waals surface area contributed by atoms with Gasteiger partial charge in [-0.2, -0.15) is 8.78 Å². The number of rotatable bonds is 7. The molecule has 1 aromatic carbocycles. The molecule has 3 N–H and O–H groups in total. The molecule has 0 fully saturated rings. The van der Waals surface area contributed by atoms with E-state index < -0.39 is 12.2 Å². The number of nitrogens with two attached hydrogens (primary N) is 1. The average molecular weight is 302 g/mol. The molecule has 0 aromatic heterocycles. The van der Waals surface area contributed by atoms with Gasteiger partial charge >= 0.3 is 6.61 Å². The fraction of sp³-hybridized carbons (Fsp3) is 0.500. The molecule has 0 saturated carbocycles. The second-order valence-corrected chi connectivity index (χ2v) is 5.09. The Labute approximate surface area is 122 Å². The van der Waals surface area contributed by atoms with Gasteiger partial charge in [-0.15, -0.1) is 0 Å². The summed E-state index contributed by atoms with van der Waals surface area (Å²) in [7, 11) is 1.37. The number of halogens is 2. The molecule has 0 atom stereocenters. The lowest BCUT2D eigenvalue weighted by Gasteiger charge is -2.18. The summed E-state index contributed by atoms with van der Waals surface area (Å²) in [4.78, 5) is 11.6. The zero-order valence-corrected chi connectivity index (χ0v) is 12.3. The Kier molecular flexibility index (Phi) is 5.90. The minimum Gasteiger partial charge on any atom is -0.493 e. The smallest absolute Gasteiger partial charge is 0.387 e. The number of ether oxygens (including phenoxy) is 2. The van der Waals surface area contributed by atoms with Crippen LogP contribution in [0.5, 0.6) is 11.5 Å². The van der Waals surface area contributed by atoms with E-state index in [1.165, 1.54) is 13.2 Å². The van der Waals surface area contributed by atoms with Crippen molar-refractivity contribution in [3.63, 3.8) is 0 Å². The summed E-state index contributed by atoms with van der Waals surface area (Å²) in [6.07, 6.45) is 0.464. The van der Waals surface area contributed by atoms with Gasteiger partial charge in [-0.05, 0) is 38.0 Å². The van der Waals surface area contributed by atoms with Crippen molar-refractivity contribution in [1.82, 2.24) is 5.32 Å². The highest BCUT2D eigenvalue weighted by Crippen LogP contribution is 2.29. The molecule has 21 heavy (non-hydrogen) atoms. The van der Waals surface area contributed by atoms with Crippen LogP contribution in [-0.2, 0) is 11.2 Å². The molecule has 0 spiro atoms. The van der Waals surface area contributed by atoms with Gasteiger partial charge in [0, 0.05) is 6.54 Å². The van der Waals surface area contributed by atoms with E-state index in [-0.39, 0.29) is 17.4 Å². The summed E-state index contributed by atoms with van der Waals surface area (Å²) in [5.41, 5.74) is 5.43. The molecule has 0 radical (unpaired) electrons. The number of amides is 1. The number of carbonyl (C=O) groups is 1. The highest BCUT2D eigenvalue weighted by molar-refractivity contribution is 5.84. The summed E-state index contributed by atoms with van der Waals surface area (Å²) in [6, 6.07) is 4.73. The minimum absolute atomic E-state index is 0.0320. The molecule has 0 saturated heterocycles. The molecule has 1 amide bonds. The maximum absolute atomic E-state index is 12.3. The second kappa shape index (κ2) is 7.21. The first-order valence-corrected chi connectivity index (χ1v) is 6.43. The lowest BCUT2D eigenvalue weighted by molar-refractivity contribution is -0.125. The molecule has 0 unspecified atom stereocenters. The predicted molar refractivity (Wildman–Crippen MR) is 74.6 cm³/mol. The van der Waals surface area contributed by atoms with Crippen LogP contribution in [0.3, 0.4) is 0 Å². The van der Waals surface area contributed by atoms with Gasteiger partial charge in [-0.25, -0.2) is 0 Å². The van der Waals surface area contributed by atoms with Crippen molar-refractivity contribution in [1.29, 1.82) is 0 Å². The van der Waals surface area contributed by atoms with Gasteiger partial charge in [0.05, 0.1) is 12.6 Å². The Morgan fingerprint density at radius 2 is 2.05 bits per heavy atom. The van der Waals surface area contributed by atoms with Crippen molar-refractivity contribution in [3.05, 3.63) is 23.8 Å². The second-order valence-electron chi connectivity index (χ2n) is 5.09. The van der Waals surface area contributed by atoms with Crippen LogP contribution in [0.2, 0.25) is 0 Å². The summed E-state index contributed by atoms with van der Waals surface area (Å²) in [5, 5.41) is 2.68. The molecule has 0 aliphatic heterocycles. The predicted octanol–water partition coefficient (Wildman–Crippen LogP) is 1.69. The molecule has 1 aromatic rings. The van der Waals surface area contributed by atoms with Crippen LogP contribution >= 0.6 is 0 Å². The van der Waals surface area contributed by atoms with E-state index in [1.54, 1.807) is 26.0 Å². The van der Waals surface area contributed by atoms with Crippen LogP contribution in [0.1, 0.15) is 19.4 Å². The Bertz CT molecular complexity index is 488. The van der Waals surface area contributed by atoms with Crippen LogP contribution in [0.15, 0.2) is 18.2 Å². The van der Waals surface area contributed by atoms with Crippen molar-refractivity contribution in [3.8, 4) is 11.5 Å². The normalized spacial score (nSPS) is 11.4. The van der Waals surface area contributed by atoms with Gasteiger partial charge in [0.15, 0.2) is 11.5 Å². The summed E-state index contributed by atoms with van der Waals surface area (Å²) < 4.78 is 34.0. The molecule has 7 heteroatoms. The van der Waals surface area contributed by atoms with Gasteiger partial charge in [0.2, 0.25) is 5.91 Å². The fourth-order valence-corrected chi connectivity index (χ4v) is 1.61. The van der Waals surface area contributed by atoms with Crippen molar-refractivity contribution < 1.29 is 23.0 Å². The number of methoxy groups -OCH3 is 1. The SMILES string of the molecule is COc1ccc(CCNC(=O)C(C)(C)N)cc1OC(F)F. The van der Waals surface area contributed by atoms with E-state index in [2.05, 4.69) is 10.1 Å². The van der Waals surface area contributed by atoms with Crippen LogP contribution in [-0.4, -0.2) is 31.7 Å². The monoisotopic (exact) mass is 302 g/mol. The van der Waals surface area contributed by atoms with Gasteiger partial charge < -0.3 is 20.5 Å². The lowest BCUT2D eigenvalue weighted by Crippen LogP contribution is -2.49. The Hall–Kier alpha value is -1.89. The molecule has 0 aliphatic rings. The molecule has 118 valence electrons. The maximum atomic E-state index is 12.3. The topological polar surface area (TPSA) is 73.6 Å². The standard InChI is InChI=1S/C14H20F2N2O3/c1-14(2,17)12(19)18-7-6-9-4-5-10(20-3)11(8-9)21-13(15)16/h4-5,8,13H,6-7,17H2,1-3H3,(H,18,19). The van der Waals surface area contributed by atoms with Gasteiger partial charge in [-0.3, -0.25) is 4.79 Å². The molecular formula is C14H20F2N2O3. The first-order chi connectivity index (χ1) is 9.74. The van der Waals surface area contributed by atoms with Crippen molar-refractivity contribution in [2.75, 3.05) is 13.7 Å². The number of carbonyl (C=O) groups excluding carboxylic acids is 1. The molecule has 0 heterocycles. The first kappa shape index (κ1) is 17.2. The molecule has 0 bridgehead atoms. The quantitative estimate of drug-likeness (QED) is 0.804. The zero-order chi connectivity index (χ0) is 16.0. The molecular weight excluding hydrogens is 282 g/mol. The zero-order valence-electron chi connectivity index (χ0n) is 12.3.